The van der Waals surface area contributed by atoms with Crippen molar-refractivity contribution in [1.82, 2.24) is 0 Å². The van der Waals surface area contributed by atoms with Crippen molar-refractivity contribution in [3.05, 3.63) is 89.7 Å². The van der Waals surface area contributed by atoms with Gasteiger partial charge in [0.1, 0.15) is 5.82 Å². The van der Waals surface area contributed by atoms with Gasteiger partial charge in [-0.05, 0) is 54.4 Å². The average Bonchev–Trinajstić information content (AvgIpc) is 2.70. The zero-order valence-corrected chi connectivity index (χ0v) is 15.0. The zero-order valence-electron chi connectivity index (χ0n) is 15.0. The summed E-state index contributed by atoms with van der Waals surface area (Å²) >= 11 is 0. The summed E-state index contributed by atoms with van der Waals surface area (Å²) in [5, 5.41) is 6.52. The summed E-state index contributed by atoms with van der Waals surface area (Å²) in [5.41, 5.74) is 3.82. The van der Waals surface area contributed by atoms with Gasteiger partial charge in [-0.3, -0.25) is 0 Å². The molecule has 0 aliphatic heterocycles. The van der Waals surface area contributed by atoms with Crippen LogP contribution in [-0.4, -0.2) is 19.6 Å². The molecule has 0 saturated heterocycles. The Labute approximate surface area is 158 Å². The lowest BCUT2D eigenvalue weighted by Crippen LogP contribution is -2.08. The molecular weight excluding hydrogens is 343 g/mol. The fourth-order valence-electron chi connectivity index (χ4n) is 2.73. The van der Waals surface area contributed by atoms with Crippen molar-refractivity contribution >= 4 is 23.0 Å². The van der Waals surface area contributed by atoms with E-state index in [1.165, 1.54) is 24.8 Å². The molecule has 3 aromatic carbocycles. The molecule has 0 saturated carbocycles. The first-order valence-corrected chi connectivity index (χ1v) is 8.68. The topological polar surface area (TPSA) is 50.4 Å². The molecule has 2 N–H and O–H groups in total. The average molecular weight is 364 g/mol. The number of carbonyl (C=O) groups is 1. The molecule has 0 unspecified atom stereocenters. The van der Waals surface area contributed by atoms with E-state index in [4.69, 9.17) is 4.74 Å². The van der Waals surface area contributed by atoms with E-state index in [2.05, 4.69) is 22.8 Å². The van der Waals surface area contributed by atoms with Crippen LogP contribution in [0.5, 0.6) is 0 Å². The molecule has 4 nitrogen and oxygen atoms in total. The lowest BCUT2D eigenvalue weighted by atomic mass is 10.1. The van der Waals surface area contributed by atoms with Crippen LogP contribution >= 0.6 is 0 Å². The van der Waals surface area contributed by atoms with Crippen LogP contribution in [0, 0.1) is 5.82 Å². The molecule has 0 fully saturated rings. The number of benzene rings is 3. The zero-order chi connectivity index (χ0) is 19.1. The van der Waals surface area contributed by atoms with Gasteiger partial charge in [-0.15, -0.1) is 0 Å². The Balaban J connectivity index is 1.75. The number of hydrogen-bond acceptors (Lipinski definition) is 4. The number of nitrogens with one attached hydrogen (secondary N) is 2. The molecule has 0 radical (unpaired) electrons. The lowest BCUT2D eigenvalue weighted by molar-refractivity contribution is 0.0602. The van der Waals surface area contributed by atoms with Gasteiger partial charge in [0, 0.05) is 17.9 Å². The number of halogens is 1. The van der Waals surface area contributed by atoms with Crippen molar-refractivity contribution in [1.29, 1.82) is 0 Å². The highest BCUT2D eigenvalue weighted by atomic mass is 19.1. The molecule has 0 heterocycles. The van der Waals surface area contributed by atoms with Gasteiger partial charge in [0.2, 0.25) is 0 Å². The van der Waals surface area contributed by atoms with Crippen molar-refractivity contribution in [3.8, 4) is 0 Å². The van der Waals surface area contributed by atoms with Gasteiger partial charge >= 0.3 is 5.97 Å². The quantitative estimate of drug-likeness (QED) is 0.579. The first-order valence-electron chi connectivity index (χ1n) is 8.68. The third-order valence-electron chi connectivity index (χ3n) is 4.13. The van der Waals surface area contributed by atoms with Gasteiger partial charge in [-0.1, -0.05) is 30.3 Å². The molecule has 27 heavy (non-hydrogen) atoms. The van der Waals surface area contributed by atoms with Gasteiger partial charge in [-0.25, -0.2) is 9.18 Å². The van der Waals surface area contributed by atoms with Crippen molar-refractivity contribution in [2.24, 2.45) is 0 Å². The van der Waals surface area contributed by atoms with Crippen LogP contribution in [0.25, 0.3) is 0 Å². The highest BCUT2D eigenvalue weighted by Crippen LogP contribution is 2.26. The van der Waals surface area contributed by atoms with Crippen molar-refractivity contribution in [3.63, 3.8) is 0 Å². The summed E-state index contributed by atoms with van der Waals surface area (Å²) in [6, 6.07) is 21.6. The molecule has 3 rings (SSSR count). The summed E-state index contributed by atoms with van der Waals surface area (Å²) in [7, 11) is 1.34. The number of rotatable bonds is 7. The van der Waals surface area contributed by atoms with Crippen LogP contribution < -0.4 is 10.6 Å². The van der Waals surface area contributed by atoms with Crippen LogP contribution in [0.1, 0.15) is 15.9 Å². The number of carbonyl (C=O) groups excluding carboxylic acids is 1. The van der Waals surface area contributed by atoms with Gasteiger partial charge in [0.05, 0.1) is 18.4 Å². The van der Waals surface area contributed by atoms with E-state index >= 15 is 0 Å². The van der Waals surface area contributed by atoms with Crippen molar-refractivity contribution < 1.29 is 13.9 Å². The Bertz CT molecular complexity index is 896. The number of esters is 1. The van der Waals surface area contributed by atoms with E-state index in [1.807, 2.05) is 30.3 Å². The summed E-state index contributed by atoms with van der Waals surface area (Å²) in [5.74, 6) is -0.750. The summed E-state index contributed by atoms with van der Waals surface area (Å²) in [6.07, 6.45) is 0.889. The fraction of sp³-hybridized carbons (Fsp3) is 0.136. The molecule has 0 aliphatic carbocycles. The monoisotopic (exact) mass is 364 g/mol. The van der Waals surface area contributed by atoms with Crippen LogP contribution in [0.15, 0.2) is 72.8 Å². The van der Waals surface area contributed by atoms with E-state index < -0.39 is 5.97 Å². The minimum Gasteiger partial charge on any atom is -0.465 e. The Morgan fingerprint density at radius 3 is 2.37 bits per heavy atom. The molecule has 0 amide bonds. The lowest BCUT2D eigenvalue weighted by Gasteiger charge is -2.14. The number of anilines is 3. The first kappa shape index (κ1) is 18.5. The molecule has 0 aromatic heterocycles. The maximum atomic E-state index is 13.1. The van der Waals surface area contributed by atoms with E-state index in [1.54, 1.807) is 18.2 Å². The second-order valence-corrected chi connectivity index (χ2v) is 6.05. The number of methoxy groups -OCH3 is 1. The minimum absolute atomic E-state index is 0.315. The standard InChI is InChI=1S/C22H21FN2O2/c1-27-22(26)20-12-11-19(24-14-13-16-5-3-2-4-6-16)15-21(20)25-18-9-7-17(23)8-10-18/h2-12,15,24-25H,13-14H2,1H3. The van der Waals surface area contributed by atoms with Crippen molar-refractivity contribution in [2.45, 2.75) is 6.42 Å². The molecule has 138 valence electrons. The van der Waals surface area contributed by atoms with Crippen molar-refractivity contribution in [2.75, 3.05) is 24.3 Å². The largest absolute Gasteiger partial charge is 0.465 e. The fourth-order valence-corrected chi connectivity index (χ4v) is 2.73. The SMILES string of the molecule is COC(=O)c1ccc(NCCc2ccccc2)cc1Nc1ccc(F)cc1. The molecule has 0 spiro atoms. The molecular formula is C22H21FN2O2. The predicted molar refractivity (Wildman–Crippen MR) is 106 cm³/mol. The van der Waals surface area contributed by atoms with E-state index in [0.29, 0.717) is 16.9 Å². The summed E-state index contributed by atoms with van der Waals surface area (Å²) in [4.78, 5) is 12.0. The Kier molecular flexibility index (Phi) is 6.05. The molecule has 0 aliphatic rings. The minimum atomic E-state index is -0.435. The van der Waals surface area contributed by atoms with Gasteiger partial charge in [-0.2, -0.15) is 0 Å². The van der Waals surface area contributed by atoms with Crippen LogP contribution in [0.3, 0.4) is 0 Å². The highest BCUT2D eigenvalue weighted by Gasteiger charge is 2.13. The third-order valence-corrected chi connectivity index (χ3v) is 4.13. The second-order valence-electron chi connectivity index (χ2n) is 6.05. The maximum Gasteiger partial charge on any atom is 0.339 e. The predicted octanol–water partition coefficient (Wildman–Crippen LogP) is 5.01. The molecule has 5 heteroatoms. The normalized spacial score (nSPS) is 10.3. The molecule has 0 bridgehead atoms. The highest BCUT2D eigenvalue weighted by molar-refractivity contribution is 5.97. The third kappa shape index (κ3) is 5.07. The van der Waals surface area contributed by atoms with Gasteiger partial charge < -0.3 is 15.4 Å². The summed E-state index contributed by atoms with van der Waals surface area (Å²) < 4.78 is 18.0. The van der Waals surface area contributed by atoms with Crippen LogP contribution in [0.4, 0.5) is 21.5 Å². The van der Waals surface area contributed by atoms with E-state index in [9.17, 15) is 9.18 Å². The van der Waals surface area contributed by atoms with E-state index in [0.717, 1.165) is 18.7 Å². The first-order chi connectivity index (χ1) is 13.2. The molecule has 3 aromatic rings. The van der Waals surface area contributed by atoms with Crippen LogP contribution in [0.2, 0.25) is 0 Å². The number of ether oxygens (including phenoxy) is 1. The van der Waals surface area contributed by atoms with Gasteiger partial charge in [0.15, 0.2) is 0 Å². The molecule has 0 atom stereocenters. The Hall–Kier alpha value is -3.34. The van der Waals surface area contributed by atoms with E-state index in [-0.39, 0.29) is 5.82 Å². The Morgan fingerprint density at radius 2 is 1.67 bits per heavy atom. The maximum absolute atomic E-state index is 13.1. The van der Waals surface area contributed by atoms with Crippen LogP contribution in [-0.2, 0) is 11.2 Å². The Morgan fingerprint density at radius 1 is 0.963 bits per heavy atom. The number of hydrogen-bond donors (Lipinski definition) is 2. The van der Waals surface area contributed by atoms with Gasteiger partial charge in [0.25, 0.3) is 0 Å². The summed E-state index contributed by atoms with van der Waals surface area (Å²) in [6.45, 7) is 0.761. The smallest absolute Gasteiger partial charge is 0.339 e. The second kappa shape index (κ2) is 8.85.